The monoisotopic (exact) mass is 293 g/mol. The van der Waals surface area contributed by atoms with E-state index in [0.717, 1.165) is 11.5 Å². The van der Waals surface area contributed by atoms with Crippen LogP contribution in [0.4, 0.5) is 5.69 Å². The minimum atomic E-state index is -0.167. The molecule has 0 spiro atoms. The first kappa shape index (κ1) is 13.9. The Bertz CT molecular complexity index is 782. The van der Waals surface area contributed by atoms with Crippen LogP contribution in [0.5, 0.6) is 0 Å². The molecule has 0 saturated heterocycles. The number of aromatic nitrogens is 4. The maximum Gasteiger partial charge on any atom is 0.255 e. The summed E-state index contributed by atoms with van der Waals surface area (Å²) >= 11 is 0. The van der Waals surface area contributed by atoms with Gasteiger partial charge in [0, 0.05) is 12.0 Å². The summed E-state index contributed by atoms with van der Waals surface area (Å²) in [5.41, 5.74) is 2.01. The molecule has 22 heavy (non-hydrogen) atoms. The summed E-state index contributed by atoms with van der Waals surface area (Å²) < 4.78 is 1.64. The molecule has 0 saturated carbocycles. The molecule has 1 N–H and O–H groups in total. The first-order valence-electron chi connectivity index (χ1n) is 7.02. The van der Waals surface area contributed by atoms with Gasteiger partial charge in [-0.25, -0.2) is 0 Å². The number of amides is 1. The Labute approximate surface area is 127 Å². The summed E-state index contributed by atoms with van der Waals surface area (Å²) in [6, 6.07) is 16.5. The van der Waals surface area contributed by atoms with Crippen molar-refractivity contribution in [2.24, 2.45) is 0 Å². The fourth-order valence-corrected chi connectivity index (χ4v) is 2.16. The average Bonchev–Trinajstić information content (AvgIpc) is 3.04. The van der Waals surface area contributed by atoms with Crippen molar-refractivity contribution in [3.8, 4) is 5.69 Å². The van der Waals surface area contributed by atoms with Crippen LogP contribution in [0.3, 0.4) is 0 Å². The minimum Gasteiger partial charge on any atom is -0.320 e. The van der Waals surface area contributed by atoms with Gasteiger partial charge >= 0.3 is 0 Å². The molecule has 6 heteroatoms. The molecule has 0 bridgehead atoms. The second-order valence-electron chi connectivity index (χ2n) is 4.70. The maximum absolute atomic E-state index is 12.3. The van der Waals surface area contributed by atoms with Crippen molar-refractivity contribution in [3.63, 3.8) is 0 Å². The van der Waals surface area contributed by atoms with Crippen molar-refractivity contribution >= 4 is 11.6 Å². The molecule has 3 rings (SSSR count). The SMILES string of the molecule is CCc1nnnn1-c1ccccc1NC(=O)c1ccccc1. The zero-order valence-corrected chi connectivity index (χ0v) is 12.1. The standard InChI is InChI=1S/C16H15N5O/c1-2-15-18-19-20-21(15)14-11-7-6-10-13(14)17-16(22)12-8-4-3-5-9-12/h3-11H,2H2,1H3,(H,17,22). The van der Waals surface area contributed by atoms with Gasteiger partial charge < -0.3 is 5.32 Å². The maximum atomic E-state index is 12.3. The van der Waals surface area contributed by atoms with Gasteiger partial charge in [0.25, 0.3) is 5.91 Å². The molecule has 6 nitrogen and oxygen atoms in total. The molecule has 0 aliphatic heterocycles. The normalized spacial score (nSPS) is 10.4. The number of benzene rings is 2. The van der Waals surface area contributed by atoms with E-state index in [4.69, 9.17) is 0 Å². The zero-order chi connectivity index (χ0) is 15.4. The van der Waals surface area contributed by atoms with Crippen LogP contribution in [0.1, 0.15) is 23.1 Å². The summed E-state index contributed by atoms with van der Waals surface area (Å²) in [6.07, 6.45) is 0.702. The second kappa shape index (κ2) is 6.17. The number of para-hydroxylation sites is 2. The number of carbonyl (C=O) groups excluding carboxylic acids is 1. The third-order valence-electron chi connectivity index (χ3n) is 3.27. The molecular weight excluding hydrogens is 278 g/mol. The number of rotatable bonds is 4. The van der Waals surface area contributed by atoms with E-state index in [9.17, 15) is 4.79 Å². The van der Waals surface area contributed by atoms with Crippen LogP contribution in [0.2, 0.25) is 0 Å². The van der Waals surface area contributed by atoms with Gasteiger partial charge in [-0.1, -0.05) is 37.3 Å². The molecule has 1 aromatic heterocycles. The molecule has 3 aromatic rings. The Balaban J connectivity index is 1.94. The summed E-state index contributed by atoms with van der Waals surface area (Å²) in [5.74, 6) is 0.570. The molecule has 0 radical (unpaired) electrons. The predicted octanol–water partition coefficient (Wildman–Crippen LogP) is 2.48. The Morgan fingerprint density at radius 2 is 1.82 bits per heavy atom. The highest BCUT2D eigenvalue weighted by molar-refractivity contribution is 6.05. The Morgan fingerprint density at radius 3 is 2.59 bits per heavy atom. The van der Waals surface area contributed by atoms with Gasteiger partial charge in [0.1, 0.15) is 0 Å². The van der Waals surface area contributed by atoms with Crippen molar-refractivity contribution in [2.75, 3.05) is 5.32 Å². The topological polar surface area (TPSA) is 72.7 Å². The lowest BCUT2D eigenvalue weighted by molar-refractivity contribution is 0.102. The molecule has 1 amide bonds. The fraction of sp³-hybridized carbons (Fsp3) is 0.125. The summed E-state index contributed by atoms with van der Waals surface area (Å²) in [7, 11) is 0. The fourth-order valence-electron chi connectivity index (χ4n) is 2.16. The van der Waals surface area contributed by atoms with Crippen molar-refractivity contribution < 1.29 is 4.79 Å². The van der Waals surface area contributed by atoms with E-state index in [-0.39, 0.29) is 5.91 Å². The van der Waals surface area contributed by atoms with Crippen LogP contribution in [-0.2, 0) is 6.42 Å². The van der Waals surface area contributed by atoms with Crippen molar-refractivity contribution in [1.82, 2.24) is 20.2 Å². The number of hydrogen-bond donors (Lipinski definition) is 1. The van der Waals surface area contributed by atoms with Gasteiger partial charge in [-0.15, -0.1) is 5.10 Å². The van der Waals surface area contributed by atoms with E-state index in [1.165, 1.54) is 0 Å². The third-order valence-corrected chi connectivity index (χ3v) is 3.27. The van der Waals surface area contributed by atoms with Gasteiger partial charge in [-0.3, -0.25) is 4.79 Å². The first-order chi connectivity index (χ1) is 10.8. The Hall–Kier alpha value is -3.02. The van der Waals surface area contributed by atoms with Crippen molar-refractivity contribution in [3.05, 3.63) is 66.0 Å². The zero-order valence-electron chi connectivity index (χ0n) is 12.1. The number of tetrazole rings is 1. The summed E-state index contributed by atoms with van der Waals surface area (Å²) in [5, 5.41) is 14.6. The highest BCUT2D eigenvalue weighted by atomic mass is 16.1. The van der Waals surface area contributed by atoms with E-state index < -0.39 is 0 Å². The summed E-state index contributed by atoms with van der Waals surface area (Å²) in [4.78, 5) is 12.3. The molecule has 1 heterocycles. The smallest absolute Gasteiger partial charge is 0.255 e. The van der Waals surface area contributed by atoms with Crippen LogP contribution in [0.15, 0.2) is 54.6 Å². The molecule has 0 fully saturated rings. The highest BCUT2D eigenvalue weighted by Crippen LogP contribution is 2.20. The number of anilines is 1. The molecule has 0 aliphatic rings. The van der Waals surface area contributed by atoms with Crippen LogP contribution >= 0.6 is 0 Å². The highest BCUT2D eigenvalue weighted by Gasteiger charge is 2.13. The van der Waals surface area contributed by atoms with Crippen LogP contribution < -0.4 is 5.32 Å². The summed E-state index contributed by atoms with van der Waals surface area (Å²) in [6.45, 7) is 1.98. The van der Waals surface area contributed by atoms with Gasteiger partial charge in [0.2, 0.25) is 0 Å². The number of aryl methyl sites for hydroxylation is 1. The molecule has 110 valence electrons. The van der Waals surface area contributed by atoms with E-state index in [2.05, 4.69) is 20.8 Å². The van der Waals surface area contributed by atoms with Crippen molar-refractivity contribution in [2.45, 2.75) is 13.3 Å². The molecule has 2 aromatic carbocycles. The minimum absolute atomic E-state index is 0.167. The predicted molar refractivity (Wildman–Crippen MR) is 82.9 cm³/mol. The molecular formula is C16H15N5O. The van der Waals surface area contributed by atoms with E-state index >= 15 is 0 Å². The third kappa shape index (κ3) is 2.71. The van der Waals surface area contributed by atoms with Gasteiger partial charge in [-0.05, 0) is 34.7 Å². The number of nitrogens with zero attached hydrogens (tertiary/aromatic N) is 4. The van der Waals surface area contributed by atoms with Crippen LogP contribution in [0, 0.1) is 0 Å². The molecule has 0 aliphatic carbocycles. The molecule has 0 unspecified atom stereocenters. The lowest BCUT2D eigenvalue weighted by Crippen LogP contribution is -2.14. The van der Waals surface area contributed by atoms with Gasteiger partial charge in [-0.2, -0.15) is 4.68 Å². The van der Waals surface area contributed by atoms with E-state index in [0.29, 0.717) is 17.7 Å². The second-order valence-corrected chi connectivity index (χ2v) is 4.70. The first-order valence-corrected chi connectivity index (χ1v) is 7.02. The average molecular weight is 293 g/mol. The van der Waals surface area contributed by atoms with Gasteiger partial charge in [0.05, 0.1) is 11.4 Å². The van der Waals surface area contributed by atoms with Gasteiger partial charge in [0.15, 0.2) is 5.82 Å². The lowest BCUT2D eigenvalue weighted by Gasteiger charge is -2.11. The van der Waals surface area contributed by atoms with Crippen LogP contribution in [-0.4, -0.2) is 26.1 Å². The molecule has 0 atom stereocenters. The quantitative estimate of drug-likeness (QED) is 0.802. The Morgan fingerprint density at radius 1 is 1.09 bits per heavy atom. The largest absolute Gasteiger partial charge is 0.320 e. The van der Waals surface area contributed by atoms with Crippen LogP contribution in [0.25, 0.3) is 5.69 Å². The van der Waals surface area contributed by atoms with E-state index in [1.54, 1.807) is 16.8 Å². The van der Waals surface area contributed by atoms with Crippen molar-refractivity contribution in [1.29, 1.82) is 0 Å². The number of carbonyl (C=O) groups is 1. The Kier molecular flexibility index (Phi) is 3.91. The number of hydrogen-bond acceptors (Lipinski definition) is 4. The number of nitrogens with one attached hydrogen (secondary N) is 1. The lowest BCUT2D eigenvalue weighted by atomic mass is 10.2. The van der Waals surface area contributed by atoms with E-state index in [1.807, 2.05) is 49.4 Å².